The predicted molar refractivity (Wildman–Crippen MR) is 95.2 cm³/mol. The first-order chi connectivity index (χ1) is 11.7. The van der Waals surface area contributed by atoms with Crippen molar-refractivity contribution in [2.24, 2.45) is 11.5 Å². The monoisotopic (exact) mass is 326 g/mol. The molecule has 0 heterocycles. The minimum atomic E-state index is -0.131. The van der Waals surface area contributed by atoms with Crippen LogP contribution in [0.4, 0.5) is 0 Å². The van der Waals surface area contributed by atoms with Gasteiger partial charge in [0, 0.05) is 12.1 Å². The van der Waals surface area contributed by atoms with Crippen molar-refractivity contribution < 1.29 is 9.47 Å². The fraction of sp³-hybridized carbons (Fsp3) is 0.400. The van der Waals surface area contributed by atoms with E-state index in [0.29, 0.717) is 13.2 Å². The standard InChI is InChI=1S/C20H26N2O2/c21-17-11-18(22)20(24-14-16-9-5-2-6-10-16)19(12-17)23-13-15-7-3-1-4-8-15/h1-10,17-20H,11-14,21-22H2/t17?,18?,19?,20-/m0/s1. The summed E-state index contributed by atoms with van der Waals surface area (Å²) in [4.78, 5) is 0. The second kappa shape index (κ2) is 8.40. The van der Waals surface area contributed by atoms with E-state index in [1.807, 2.05) is 36.4 Å². The van der Waals surface area contributed by atoms with Crippen LogP contribution in [0.25, 0.3) is 0 Å². The van der Waals surface area contributed by atoms with Gasteiger partial charge in [0.05, 0.1) is 25.4 Å². The maximum atomic E-state index is 6.31. The van der Waals surface area contributed by atoms with Gasteiger partial charge in [-0.1, -0.05) is 60.7 Å². The molecule has 2 aromatic rings. The molecule has 0 spiro atoms. The lowest BCUT2D eigenvalue weighted by Gasteiger charge is -2.38. The molecule has 3 unspecified atom stereocenters. The van der Waals surface area contributed by atoms with Crippen LogP contribution in [0.2, 0.25) is 0 Å². The molecule has 4 N–H and O–H groups in total. The van der Waals surface area contributed by atoms with E-state index in [1.165, 1.54) is 0 Å². The highest BCUT2D eigenvalue weighted by atomic mass is 16.5. The van der Waals surface area contributed by atoms with Gasteiger partial charge in [0.2, 0.25) is 0 Å². The summed E-state index contributed by atoms with van der Waals surface area (Å²) in [6.07, 6.45) is 1.34. The highest BCUT2D eigenvalue weighted by Crippen LogP contribution is 2.25. The Kier molecular flexibility index (Phi) is 5.99. The van der Waals surface area contributed by atoms with Crippen LogP contribution >= 0.6 is 0 Å². The molecule has 0 amide bonds. The number of ether oxygens (including phenoxy) is 2. The number of hydrogen-bond donors (Lipinski definition) is 2. The average Bonchev–Trinajstić information content (AvgIpc) is 2.61. The van der Waals surface area contributed by atoms with Crippen LogP contribution in [0.15, 0.2) is 60.7 Å². The number of hydrogen-bond acceptors (Lipinski definition) is 4. The summed E-state index contributed by atoms with van der Waals surface area (Å²) >= 11 is 0. The van der Waals surface area contributed by atoms with E-state index in [4.69, 9.17) is 20.9 Å². The second-order valence-electron chi connectivity index (χ2n) is 6.49. The highest BCUT2D eigenvalue weighted by Gasteiger charge is 2.36. The molecule has 4 atom stereocenters. The van der Waals surface area contributed by atoms with E-state index < -0.39 is 0 Å². The molecule has 1 saturated carbocycles. The lowest BCUT2D eigenvalue weighted by molar-refractivity contribution is -0.114. The molecule has 0 saturated heterocycles. The molecular weight excluding hydrogens is 300 g/mol. The summed E-state index contributed by atoms with van der Waals surface area (Å²) < 4.78 is 12.3. The smallest absolute Gasteiger partial charge is 0.0992 e. The van der Waals surface area contributed by atoms with Gasteiger partial charge in [0.15, 0.2) is 0 Å². The second-order valence-corrected chi connectivity index (χ2v) is 6.49. The molecule has 128 valence electrons. The minimum absolute atomic E-state index is 0.0670. The zero-order valence-electron chi connectivity index (χ0n) is 13.9. The van der Waals surface area contributed by atoms with E-state index in [1.54, 1.807) is 0 Å². The molecule has 24 heavy (non-hydrogen) atoms. The minimum Gasteiger partial charge on any atom is -0.371 e. The molecule has 2 aromatic carbocycles. The molecule has 0 radical (unpaired) electrons. The van der Waals surface area contributed by atoms with Crippen molar-refractivity contribution in [2.45, 2.75) is 50.3 Å². The van der Waals surface area contributed by atoms with Crippen LogP contribution in [-0.2, 0) is 22.7 Å². The first-order valence-electron chi connectivity index (χ1n) is 8.54. The zero-order chi connectivity index (χ0) is 16.8. The molecule has 1 fully saturated rings. The summed E-state index contributed by atoms with van der Waals surface area (Å²) in [5.74, 6) is 0. The quantitative estimate of drug-likeness (QED) is 0.856. The normalized spacial score (nSPS) is 27.1. The lowest BCUT2D eigenvalue weighted by atomic mass is 9.87. The van der Waals surface area contributed by atoms with Gasteiger partial charge >= 0.3 is 0 Å². The molecule has 4 heteroatoms. The number of nitrogens with two attached hydrogens (primary N) is 2. The van der Waals surface area contributed by atoms with Crippen molar-refractivity contribution in [2.75, 3.05) is 0 Å². The fourth-order valence-corrected chi connectivity index (χ4v) is 3.23. The highest BCUT2D eigenvalue weighted by molar-refractivity contribution is 5.14. The summed E-state index contributed by atoms with van der Waals surface area (Å²) in [5.41, 5.74) is 14.7. The molecule has 0 bridgehead atoms. The maximum absolute atomic E-state index is 6.31. The predicted octanol–water partition coefficient (Wildman–Crippen LogP) is 2.61. The van der Waals surface area contributed by atoms with Gasteiger partial charge in [-0.05, 0) is 24.0 Å². The topological polar surface area (TPSA) is 70.5 Å². The summed E-state index contributed by atoms with van der Waals surface area (Å²) in [7, 11) is 0. The van der Waals surface area contributed by atoms with Crippen LogP contribution in [0.3, 0.4) is 0 Å². The van der Waals surface area contributed by atoms with Gasteiger partial charge in [-0.15, -0.1) is 0 Å². The van der Waals surface area contributed by atoms with Gasteiger partial charge in [0.25, 0.3) is 0 Å². The Bertz CT molecular complexity index is 606. The largest absolute Gasteiger partial charge is 0.371 e. The third-order valence-corrected chi connectivity index (χ3v) is 4.49. The van der Waals surface area contributed by atoms with Crippen molar-refractivity contribution in [3.8, 4) is 0 Å². The Morgan fingerprint density at radius 2 is 1.29 bits per heavy atom. The average molecular weight is 326 g/mol. The van der Waals surface area contributed by atoms with Crippen LogP contribution in [0.5, 0.6) is 0 Å². The third kappa shape index (κ3) is 4.65. The van der Waals surface area contributed by atoms with E-state index in [9.17, 15) is 0 Å². The number of benzene rings is 2. The number of rotatable bonds is 6. The van der Waals surface area contributed by atoms with Crippen LogP contribution in [0.1, 0.15) is 24.0 Å². The van der Waals surface area contributed by atoms with Crippen molar-refractivity contribution in [1.82, 2.24) is 0 Å². The van der Waals surface area contributed by atoms with Gasteiger partial charge in [-0.25, -0.2) is 0 Å². The van der Waals surface area contributed by atoms with E-state index in [-0.39, 0.29) is 24.3 Å². The van der Waals surface area contributed by atoms with Gasteiger partial charge in [-0.2, -0.15) is 0 Å². The molecule has 0 aromatic heterocycles. The first kappa shape index (κ1) is 17.1. The van der Waals surface area contributed by atoms with Gasteiger partial charge in [0.1, 0.15) is 0 Å². The van der Waals surface area contributed by atoms with Crippen molar-refractivity contribution >= 4 is 0 Å². The Morgan fingerprint density at radius 1 is 0.750 bits per heavy atom. The van der Waals surface area contributed by atoms with E-state index >= 15 is 0 Å². The van der Waals surface area contributed by atoms with Crippen LogP contribution in [-0.4, -0.2) is 24.3 Å². The van der Waals surface area contributed by atoms with Crippen molar-refractivity contribution in [1.29, 1.82) is 0 Å². The van der Waals surface area contributed by atoms with Crippen LogP contribution in [0, 0.1) is 0 Å². The molecule has 4 nitrogen and oxygen atoms in total. The molecule has 1 aliphatic rings. The van der Waals surface area contributed by atoms with Crippen molar-refractivity contribution in [3.05, 3.63) is 71.8 Å². The van der Waals surface area contributed by atoms with Crippen molar-refractivity contribution in [3.63, 3.8) is 0 Å². The van der Waals surface area contributed by atoms with Crippen LogP contribution < -0.4 is 11.5 Å². The molecular formula is C20H26N2O2. The van der Waals surface area contributed by atoms with E-state index in [0.717, 1.165) is 24.0 Å². The maximum Gasteiger partial charge on any atom is 0.0992 e. The van der Waals surface area contributed by atoms with Gasteiger partial charge in [-0.3, -0.25) is 0 Å². The summed E-state index contributed by atoms with van der Waals surface area (Å²) in [6.45, 7) is 1.09. The molecule has 3 rings (SSSR count). The third-order valence-electron chi connectivity index (χ3n) is 4.49. The summed E-state index contributed by atoms with van der Waals surface area (Å²) in [6, 6.07) is 20.3. The van der Waals surface area contributed by atoms with E-state index in [2.05, 4.69) is 24.3 Å². The first-order valence-corrected chi connectivity index (χ1v) is 8.54. The molecule has 0 aliphatic heterocycles. The Hall–Kier alpha value is -1.72. The molecule has 1 aliphatic carbocycles. The summed E-state index contributed by atoms with van der Waals surface area (Å²) in [5, 5.41) is 0. The fourth-order valence-electron chi connectivity index (χ4n) is 3.23. The SMILES string of the molecule is NC1CC(N)[C@H](OCc2ccccc2)C(OCc2ccccc2)C1. The Morgan fingerprint density at radius 3 is 1.88 bits per heavy atom. The lowest BCUT2D eigenvalue weighted by Crippen LogP contribution is -2.54. The zero-order valence-corrected chi connectivity index (χ0v) is 13.9. The van der Waals surface area contributed by atoms with Gasteiger partial charge < -0.3 is 20.9 Å². The Balaban J connectivity index is 1.61. The Labute approximate surface area is 143 Å².